The topological polar surface area (TPSA) is 118 Å². The number of aromatic carboxylic acids is 1. The summed E-state index contributed by atoms with van der Waals surface area (Å²) in [5.74, 6) is -0.212. The summed E-state index contributed by atoms with van der Waals surface area (Å²) >= 11 is 0. The van der Waals surface area contributed by atoms with E-state index in [0.29, 0.717) is 25.2 Å². The molecule has 116 valence electrons. The van der Waals surface area contributed by atoms with Gasteiger partial charge in [0, 0.05) is 6.54 Å². The van der Waals surface area contributed by atoms with Crippen LogP contribution in [0, 0.1) is 5.92 Å². The van der Waals surface area contributed by atoms with E-state index in [1.165, 1.54) is 7.11 Å². The second-order valence-corrected chi connectivity index (χ2v) is 7.19. The monoisotopic (exact) mass is 315 g/mol. The summed E-state index contributed by atoms with van der Waals surface area (Å²) in [7, 11) is -1.53. The molecule has 2 heterocycles. The van der Waals surface area contributed by atoms with E-state index in [9.17, 15) is 13.2 Å². The third-order valence-electron chi connectivity index (χ3n) is 3.44. The Morgan fingerprint density at radius 3 is 2.67 bits per heavy atom. The second kappa shape index (κ2) is 6.25. The molecule has 0 radical (unpaired) electrons. The van der Waals surface area contributed by atoms with Crippen molar-refractivity contribution in [2.75, 3.05) is 30.5 Å². The molecule has 1 saturated heterocycles. The predicted octanol–water partition coefficient (Wildman–Crippen LogP) is 0.420. The molecule has 0 amide bonds. The number of ether oxygens (including phenoxy) is 1. The van der Waals surface area contributed by atoms with Crippen LogP contribution in [0.4, 0.5) is 5.82 Å². The van der Waals surface area contributed by atoms with Gasteiger partial charge in [0.05, 0.1) is 18.6 Å². The van der Waals surface area contributed by atoms with Crippen molar-refractivity contribution in [3.05, 3.63) is 12.0 Å². The van der Waals surface area contributed by atoms with Gasteiger partial charge in [-0.25, -0.2) is 23.2 Å². The highest BCUT2D eigenvalue weighted by atomic mass is 32.2. The van der Waals surface area contributed by atoms with E-state index in [0.717, 1.165) is 6.33 Å². The molecule has 9 heteroatoms. The molecule has 8 nitrogen and oxygen atoms in total. The van der Waals surface area contributed by atoms with Gasteiger partial charge in [-0.2, -0.15) is 0 Å². The molecule has 1 aromatic heterocycles. The van der Waals surface area contributed by atoms with Gasteiger partial charge in [0.15, 0.2) is 17.3 Å². The molecular formula is C12H17N3O5S. The number of hydrogen-bond acceptors (Lipinski definition) is 7. The number of nitrogens with zero attached hydrogens (tertiary/aromatic N) is 2. The zero-order chi connectivity index (χ0) is 15.5. The Hall–Kier alpha value is -1.90. The SMILES string of the molecule is COc1c(NCC2CCS(=O)(=O)CC2)ncnc1C(=O)O. The summed E-state index contributed by atoms with van der Waals surface area (Å²) in [6.07, 6.45) is 2.34. The zero-order valence-electron chi connectivity index (χ0n) is 11.6. The van der Waals surface area contributed by atoms with Crippen molar-refractivity contribution >= 4 is 21.6 Å². The van der Waals surface area contributed by atoms with Gasteiger partial charge in [0.25, 0.3) is 0 Å². The van der Waals surface area contributed by atoms with Crippen LogP contribution >= 0.6 is 0 Å². The first-order valence-corrected chi connectivity index (χ1v) is 8.31. The Balaban J connectivity index is 2.04. The van der Waals surface area contributed by atoms with E-state index in [4.69, 9.17) is 9.84 Å². The van der Waals surface area contributed by atoms with Crippen LogP contribution < -0.4 is 10.1 Å². The lowest BCUT2D eigenvalue weighted by Gasteiger charge is -2.22. The van der Waals surface area contributed by atoms with E-state index in [1.807, 2.05) is 0 Å². The zero-order valence-corrected chi connectivity index (χ0v) is 12.4. The van der Waals surface area contributed by atoms with Gasteiger partial charge in [0.2, 0.25) is 0 Å². The van der Waals surface area contributed by atoms with Crippen LogP contribution in [0.15, 0.2) is 6.33 Å². The molecule has 2 N–H and O–H groups in total. The molecule has 21 heavy (non-hydrogen) atoms. The highest BCUT2D eigenvalue weighted by Crippen LogP contribution is 2.26. The number of aromatic nitrogens is 2. The average molecular weight is 315 g/mol. The molecule has 1 aliphatic heterocycles. The normalized spacial score (nSPS) is 18.1. The molecule has 0 saturated carbocycles. The first-order valence-electron chi connectivity index (χ1n) is 6.49. The fourth-order valence-corrected chi connectivity index (χ4v) is 3.82. The van der Waals surface area contributed by atoms with E-state index in [1.54, 1.807) is 0 Å². The molecular weight excluding hydrogens is 298 g/mol. The Morgan fingerprint density at radius 2 is 2.10 bits per heavy atom. The number of anilines is 1. The number of methoxy groups -OCH3 is 1. The number of hydrogen-bond donors (Lipinski definition) is 2. The number of nitrogens with one attached hydrogen (secondary N) is 1. The standard InChI is InChI=1S/C12H17N3O5S/c1-20-10-9(12(16)17)14-7-15-11(10)13-6-8-2-4-21(18,19)5-3-8/h7-8H,2-6H2,1H3,(H,16,17)(H,13,14,15). The first kappa shape index (κ1) is 15.5. The van der Waals surface area contributed by atoms with Crippen molar-refractivity contribution in [2.45, 2.75) is 12.8 Å². The number of rotatable bonds is 5. The molecule has 1 fully saturated rings. The Bertz CT molecular complexity index is 618. The summed E-state index contributed by atoms with van der Waals surface area (Å²) < 4.78 is 27.8. The minimum absolute atomic E-state index is 0.0773. The molecule has 0 aromatic carbocycles. The first-order chi connectivity index (χ1) is 9.93. The van der Waals surface area contributed by atoms with Gasteiger partial charge in [-0.05, 0) is 18.8 Å². The summed E-state index contributed by atoms with van der Waals surface area (Å²) in [5, 5.41) is 12.1. The lowest BCUT2D eigenvalue weighted by atomic mass is 10.0. The van der Waals surface area contributed by atoms with E-state index in [-0.39, 0.29) is 28.9 Å². The highest BCUT2D eigenvalue weighted by Gasteiger charge is 2.24. The van der Waals surface area contributed by atoms with Crippen LogP contribution in [0.5, 0.6) is 5.75 Å². The number of carbonyl (C=O) groups is 1. The van der Waals surface area contributed by atoms with Crippen LogP contribution in [0.2, 0.25) is 0 Å². The molecule has 2 rings (SSSR count). The molecule has 0 unspecified atom stereocenters. The maximum absolute atomic E-state index is 11.4. The largest absolute Gasteiger partial charge is 0.491 e. The van der Waals surface area contributed by atoms with Crippen LogP contribution in [-0.4, -0.2) is 54.6 Å². The lowest BCUT2D eigenvalue weighted by molar-refractivity contribution is 0.0686. The van der Waals surface area contributed by atoms with Gasteiger partial charge in [0.1, 0.15) is 16.2 Å². The second-order valence-electron chi connectivity index (χ2n) is 4.89. The van der Waals surface area contributed by atoms with Crippen LogP contribution in [0.1, 0.15) is 23.3 Å². The van der Waals surface area contributed by atoms with Gasteiger partial charge in [-0.15, -0.1) is 0 Å². The van der Waals surface area contributed by atoms with Crippen LogP contribution in [0.3, 0.4) is 0 Å². The minimum atomic E-state index is -2.89. The van der Waals surface area contributed by atoms with Crippen molar-refractivity contribution in [1.29, 1.82) is 0 Å². The molecule has 0 aliphatic carbocycles. The van der Waals surface area contributed by atoms with Crippen LogP contribution in [-0.2, 0) is 9.84 Å². The summed E-state index contributed by atoms with van der Waals surface area (Å²) in [6, 6.07) is 0. The van der Waals surface area contributed by atoms with E-state index in [2.05, 4.69) is 15.3 Å². The Kier molecular flexibility index (Phi) is 4.61. The van der Waals surface area contributed by atoms with E-state index >= 15 is 0 Å². The molecule has 0 atom stereocenters. The van der Waals surface area contributed by atoms with Gasteiger partial charge >= 0.3 is 5.97 Å². The van der Waals surface area contributed by atoms with E-state index < -0.39 is 15.8 Å². The highest BCUT2D eigenvalue weighted by molar-refractivity contribution is 7.91. The predicted molar refractivity (Wildman–Crippen MR) is 75.4 cm³/mol. The fraction of sp³-hybridized carbons (Fsp3) is 0.583. The van der Waals surface area contributed by atoms with Gasteiger partial charge in [-0.1, -0.05) is 0 Å². The fourth-order valence-electron chi connectivity index (χ4n) is 2.23. The average Bonchev–Trinajstić information content (AvgIpc) is 2.45. The molecule has 0 spiro atoms. The Morgan fingerprint density at radius 1 is 1.43 bits per heavy atom. The Labute approximate surface area is 122 Å². The maximum Gasteiger partial charge on any atom is 0.358 e. The van der Waals surface area contributed by atoms with Crippen molar-refractivity contribution < 1.29 is 23.1 Å². The summed E-state index contributed by atoms with van der Waals surface area (Å²) in [6.45, 7) is 0.516. The number of carboxylic acids is 1. The number of carboxylic acid groups (broad SMARTS) is 1. The maximum atomic E-state index is 11.4. The number of sulfone groups is 1. The lowest BCUT2D eigenvalue weighted by Crippen LogP contribution is -2.28. The van der Waals surface area contributed by atoms with Crippen molar-refractivity contribution in [2.24, 2.45) is 5.92 Å². The summed E-state index contributed by atoms with van der Waals surface area (Å²) in [4.78, 5) is 18.7. The minimum Gasteiger partial charge on any atom is -0.491 e. The third-order valence-corrected chi connectivity index (χ3v) is 5.16. The van der Waals surface area contributed by atoms with Crippen molar-refractivity contribution in [3.8, 4) is 5.75 Å². The van der Waals surface area contributed by atoms with Gasteiger partial charge < -0.3 is 15.2 Å². The third kappa shape index (κ3) is 3.81. The molecule has 1 aromatic rings. The quantitative estimate of drug-likeness (QED) is 0.802. The summed E-state index contributed by atoms with van der Waals surface area (Å²) in [5.41, 5.74) is -0.207. The van der Waals surface area contributed by atoms with Crippen LogP contribution in [0.25, 0.3) is 0 Å². The van der Waals surface area contributed by atoms with Crippen molar-refractivity contribution in [3.63, 3.8) is 0 Å². The molecule has 0 bridgehead atoms. The van der Waals surface area contributed by atoms with Gasteiger partial charge in [-0.3, -0.25) is 0 Å². The molecule has 1 aliphatic rings. The van der Waals surface area contributed by atoms with Crippen molar-refractivity contribution in [1.82, 2.24) is 9.97 Å². The smallest absolute Gasteiger partial charge is 0.358 e.